The van der Waals surface area contributed by atoms with Crippen LogP contribution in [0.3, 0.4) is 0 Å². The Bertz CT molecular complexity index is 322. The van der Waals surface area contributed by atoms with E-state index in [9.17, 15) is 9.59 Å². The highest BCUT2D eigenvalue weighted by molar-refractivity contribution is 5.96. The molecule has 0 saturated carbocycles. The van der Waals surface area contributed by atoms with E-state index in [0.717, 1.165) is 0 Å². The second-order valence-electron chi connectivity index (χ2n) is 2.81. The van der Waals surface area contributed by atoms with Gasteiger partial charge in [-0.2, -0.15) is 0 Å². The number of amides is 1. The van der Waals surface area contributed by atoms with Crippen molar-refractivity contribution in [3.63, 3.8) is 0 Å². The van der Waals surface area contributed by atoms with E-state index >= 15 is 0 Å². The average Bonchev–Trinajstić information content (AvgIpc) is 2.26. The molecule has 0 atom stereocenters. The van der Waals surface area contributed by atoms with E-state index in [-0.39, 0.29) is 24.5 Å². The molecule has 0 spiro atoms. The maximum atomic E-state index is 11.4. The lowest BCUT2D eigenvalue weighted by atomic mass is 10.1. The van der Waals surface area contributed by atoms with Crippen molar-refractivity contribution in [3.8, 4) is 0 Å². The fraction of sp³-hybridized carbons (Fsp3) is 0.300. The third-order valence-electron chi connectivity index (χ3n) is 1.81. The zero-order valence-corrected chi connectivity index (χ0v) is 7.99. The molecule has 4 nitrogen and oxygen atoms in total. The maximum Gasteiger partial charge on any atom is 0.220 e. The van der Waals surface area contributed by atoms with Gasteiger partial charge in [0, 0.05) is 26.1 Å². The van der Waals surface area contributed by atoms with Crippen molar-refractivity contribution in [3.05, 3.63) is 30.1 Å². The van der Waals surface area contributed by atoms with Crippen LogP contribution in [0.4, 0.5) is 0 Å². The fourth-order valence-electron chi connectivity index (χ4n) is 1.01. The molecule has 1 amide bonds. The van der Waals surface area contributed by atoms with Crippen LogP contribution >= 0.6 is 0 Å². The van der Waals surface area contributed by atoms with Crippen LogP contribution in [-0.4, -0.2) is 23.7 Å². The van der Waals surface area contributed by atoms with Crippen LogP contribution in [0.5, 0.6) is 0 Å². The number of nitrogens with one attached hydrogen (secondary N) is 1. The molecule has 1 aromatic heterocycles. The van der Waals surface area contributed by atoms with Crippen LogP contribution in [0.2, 0.25) is 0 Å². The highest BCUT2D eigenvalue weighted by atomic mass is 16.2. The van der Waals surface area contributed by atoms with Gasteiger partial charge in [0.15, 0.2) is 5.78 Å². The first-order chi connectivity index (χ1) is 6.74. The van der Waals surface area contributed by atoms with Crippen LogP contribution < -0.4 is 5.32 Å². The Morgan fingerprint density at radius 2 is 2.14 bits per heavy atom. The lowest BCUT2D eigenvalue weighted by Crippen LogP contribution is -2.18. The SMILES string of the molecule is CNC(=O)CCC(=O)c1ccccn1. The van der Waals surface area contributed by atoms with Gasteiger partial charge in [0.25, 0.3) is 0 Å². The monoisotopic (exact) mass is 192 g/mol. The van der Waals surface area contributed by atoms with Gasteiger partial charge in [-0.3, -0.25) is 14.6 Å². The molecule has 1 N–H and O–H groups in total. The molecule has 74 valence electrons. The van der Waals surface area contributed by atoms with Gasteiger partial charge in [-0.05, 0) is 12.1 Å². The van der Waals surface area contributed by atoms with Gasteiger partial charge >= 0.3 is 0 Å². The second-order valence-corrected chi connectivity index (χ2v) is 2.81. The summed E-state index contributed by atoms with van der Waals surface area (Å²) in [5.74, 6) is -0.233. The van der Waals surface area contributed by atoms with Crippen LogP contribution in [0.15, 0.2) is 24.4 Å². The molecule has 0 bridgehead atoms. The van der Waals surface area contributed by atoms with E-state index < -0.39 is 0 Å². The normalized spacial score (nSPS) is 9.50. The molecule has 0 unspecified atom stereocenters. The molecule has 0 radical (unpaired) electrons. The predicted molar refractivity (Wildman–Crippen MR) is 51.9 cm³/mol. The average molecular weight is 192 g/mol. The van der Waals surface area contributed by atoms with E-state index in [0.29, 0.717) is 5.69 Å². The molecule has 0 aliphatic carbocycles. The molecule has 1 rings (SSSR count). The highest BCUT2D eigenvalue weighted by Crippen LogP contribution is 2.01. The molecule has 0 aromatic carbocycles. The van der Waals surface area contributed by atoms with E-state index in [4.69, 9.17) is 0 Å². The van der Waals surface area contributed by atoms with Crippen LogP contribution in [-0.2, 0) is 4.79 Å². The smallest absolute Gasteiger partial charge is 0.220 e. The number of Topliss-reactive ketones (excluding diaryl/α,β-unsaturated/α-hetero) is 1. The Morgan fingerprint density at radius 1 is 1.36 bits per heavy atom. The summed E-state index contributed by atoms with van der Waals surface area (Å²) in [6.45, 7) is 0. The molecule has 0 saturated heterocycles. The zero-order valence-electron chi connectivity index (χ0n) is 7.99. The van der Waals surface area contributed by atoms with Crippen molar-refractivity contribution in [2.75, 3.05) is 7.05 Å². The summed E-state index contributed by atoms with van der Waals surface area (Å²) in [6.07, 6.45) is 1.98. The quantitative estimate of drug-likeness (QED) is 0.717. The number of rotatable bonds is 4. The summed E-state index contributed by atoms with van der Waals surface area (Å²) in [6, 6.07) is 5.14. The number of aromatic nitrogens is 1. The molecule has 1 heterocycles. The second kappa shape index (κ2) is 5.11. The van der Waals surface area contributed by atoms with Crippen molar-refractivity contribution in [2.45, 2.75) is 12.8 Å². The Labute approximate surface area is 82.3 Å². The minimum atomic E-state index is -0.130. The van der Waals surface area contributed by atoms with Crippen molar-refractivity contribution in [2.24, 2.45) is 0 Å². The molecular weight excluding hydrogens is 180 g/mol. The number of ketones is 1. The van der Waals surface area contributed by atoms with Gasteiger partial charge in [-0.25, -0.2) is 0 Å². The van der Waals surface area contributed by atoms with E-state index in [1.165, 1.54) is 0 Å². The van der Waals surface area contributed by atoms with Gasteiger partial charge in [-0.1, -0.05) is 6.07 Å². The van der Waals surface area contributed by atoms with E-state index in [2.05, 4.69) is 10.3 Å². The third-order valence-corrected chi connectivity index (χ3v) is 1.81. The van der Waals surface area contributed by atoms with E-state index in [1.807, 2.05) is 0 Å². The number of pyridine rings is 1. The van der Waals surface area contributed by atoms with Crippen LogP contribution in [0.25, 0.3) is 0 Å². The van der Waals surface area contributed by atoms with Gasteiger partial charge < -0.3 is 5.32 Å². The number of carbonyl (C=O) groups is 2. The first-order valence-electron chi connectivity index (χ1n) is 4.39. The molecule has 0 fully saturated rings. The lowest BCUT2D eigenvalue weighted by Gasteiger charge is -1.99. The van der Waals surface area contributed by atoms with Crippen molar-refractivity contribution >= 4 is 11.7 Å². The van der Waals surface area contributed by atoms with E-state index in [1.54, 1.807) is 31.4 Å². The first kappa shape index (κ1) is 10.4. The van der Waals surface area contributed by atoms with Crippen LogP contribution in [0, 0.1) is 0 Å². The molecule has 0 aliphatic heterocycles. The summed E-state index contributed by atoms with van der Waals surface area (Å²) in [7, 11) is 1.55. The summed E-state index contributed by atoms with van der Waals surface area (Å²) in [5.41, 5.74) is 0.413. The maximum absolute atomic E-state index is 11.4. The number of carbonyl (C=O) groups excluding carboxylic acids is 2. The van der Waals surface area contributed by atoms with Gasteiger partial charge in [-0.15, -0.1) is 0 Å². The van der Waals surface area contributed by atoms with Crippen molar-refractivity contribution < 1.29 is 9.59 Å². The largest absolute Gasteiger partial charge is 0.359 e. The Kier molecular flexibility index (Phi) is 3.79. The summed E-state index contributed by atoms with van der Waals surface area (Å²) in [4.78, 5) is 26.2. The summed E-state index contributed by atoms with van der Waals surface area (Å²) >= 11 is 0. The van der Waals surface area contributed by atoms with Gasteiger partial charge in [0.05, 0.1) is 0 Å². The highest BCUT2D eigenvalue weighted by Gasteiger charge is 2.08. The summed E-state index contributed by atoms with van der Waals surface area (Å²) in [5, 5.41) is 2.46. The molecule has 1 aromatic rings. The predicted octanol–water partition coefficient (Wildman–Crippen LogP) is 0.790. The topological polar surface area (TPSA) is 59.1 Å². The molecule has 0 aliphatic rings. The minimum Gasteiger partial charge on any atom is -0.359 e. The number of hydrogen-bond donors (Lipinski definition) is 1. The minimum absolute atomic E-state index is 0.103. The van der Waals surface area contributed by atoms with Crippen LogP contribution in [0.1, 0.15) is 23.3 Å². The first-order valence-corrected chi connectivity index (χ1v) is 4.39. The van der Waals surface area contributed by atoms with Gasteiger partial charge in [0.1, 0.15) is 5.69 Å². The van der Waals surface area contributed by atoms with Crippen molar-refractivity contribution in [1.82, 2.24) is 10.3 Å². The fourth-order valence-corrected chi connectivity index (χ4v) is 1.01. The lowest BCUT2D eigenvalue weighted by molar-refractivity contribution is -0.120. The standard InChI is InChI=1S/C10H12N2O2/c1-11-10(14)6-5-9(13)8-4-2-3-7-12-8/h2-4,7H,5-6H2,1H3,(H,11,14). The molecular formula is C10H12N2O2. The third kappa shape index (κ3) is 2.97. The van der Waals surface area contributed by atoms with Crippen molar-refractivity contribution in [1.29, 1.82) is 0 Å². The Morgan fingerprint density at radius 3 is 2.71 bits per heavy atom. The number of hydrogen-bond acceptors (Lipinski definition) is 3. The van der Waals surface area contributed by atoms with Gasteiger partial charge in [0.2, 0.25) is 5.91 Å². The summed E-state index contributed by atoms with van der Waals surface area (Å²) < 4.78 is 0. The Balaban J connectivity index is 2.48. The zero-order chi connectivity index (χ0) is 10.4. The number of nitrogens with zero attached hydrogens (tertiary/aromatic N) is 1. The molecule has 14 heavy (non-hydrogen) atoms. The Hall–Kier alpha value is -1.71. The molecule has 4 heteroatoms.